The molecular weight excluding hydrogens is 484 g/mol. The van der Waals surface area contributed by atoms with Gasteiger partial charge in [0.2, 0.25) is 0 Å². The van der Waals surface area contributed by atoms with E-state index in [1.807, 2.05) is 13.0 Å². The summed E-state index contributed by atoms with van der Waals surface area (Å²) in [4.78, 5) is 36.8. The van der Waals surface area contributed by atoms with Crippen molar-refractivity contribution in [3.8, 4) is 0 Å². The van der Waals surface area contributed by atoms with Gasteiger partial charge in [0.05, 0.1) is 0 Å². The summed E-state index contributed by atoms with van der Waals surface area (Å²) < 4.78 is 10.5. The first-order valence-corrected chi connectivity index (χ1v) is 13.4. The molecule has 1 aliphatic heterocycles. The standard InChI is InChI=1S/C27H38O10/c1-25-8-5-14(28)11-13(25)3-4-15-16(25)6-9-26(2)17(15)7-10-27(26,35)18(29)12-36-24-21(32)19(30)20(31)22(37-24)23(33)34/h11,15-17,19-22,24,30-32,35H,3-10,12H2,1-2H3,(H,33,34). The van der Waals surface area contributed by atoms with E-state index in [0.717, 1.165) is 25.7 Å². The minimum atomic E-state index is -1.85. The van der Waals surface area contributed by atoms with Crippen LogP contribution in [0.15, 0.2) is 11.6 Å². The number of carboxylic acids is 1. The van der Waals surface area contributed by atoms with E-state index >= 15 is 0 Å². The Balaban J connectivity index is 1.30. The summed E-state index contributed by atoms with van der Waals surface area (Å²) in [5.74, 6) is -1.02. The molecule has 11 unspecified atom stereocenters. The van der Waals surface area contributed by atoms with Crippen molar-refractivity contribution >= 4 is 17.5 Å². The molecule has 5 aliphatic rings. The third-order valence-electron chi connectivity index (χ3n) is 10.8. The quantitative estimate of drug-likeness (QED) is 0.347. The summed E-state index contributed by atoms with van der Waals surface area (Å²) in [6.07, 6.45) is -1.37. The Hall–Kier alpha value is -1.69. The molecule has 0 aromatic heterocycles. The van der Waals surface area contributed by atoms with Crippen LogP contribution in [0.1, 0.15) is 65.2 Å². The molecule has 0 amide bonds. The maximum atomic E-state index is 13.4. The Labute approximate surface area is 215 Å². The van der Waals surface area contributed by atoms with Gasteiger partial charge in [-0.25, -0.2) is 4.79 Å². The zero-order valence-electron chi connectivity index (χ0n) is 21.3. The van der Waals surface area contributed by atoms with Crippen molar-refractivity contribution in [1.82, 2.24) is 0 Å². The summed E-state index contributed by atoms with van der Waals surface area (Å²) in [5, 5.41) is 51.1. The van der Waals surface area contributed by atoms with E-state index in [-0.39, 0.29) is 23.5 Å². The van der Waals surface area contributed by atoms with Crippen LogP contribution in [0.3, 0.4) is 0 Å². The Morgan fingerprint density at radius 1 is 1.00 bits per heavy atom. The van der Waals surface area contributed by atoms with Crippen LogP contribution in [0.2, 0.25) is 0 Å². The summed E-state index contributed by atoms with van der Waals surface area (Å²) in [6, 6.07) is 0. The highest BCUT2D eigenvalue weighted by molar-refractivity contribution is 5.92. The zero-order chi connectivity index (χ0) is 26.9. The summed E-state index contributed by atoms with van der Waals surface area (Å²) in [6.45, 7) is 3.62. The van der Waals surface area contributed by atoms with Crippen LogP contribution in [0.4, 0.5) is 0 Å². The van der Waals surface area contributed by atoms with E-state index in [4.69, 9.17) is 9.47 Å². The van der Waals surface area contributed by atoms with E-state index in [9.17, 15) is 39.9 Å². The summed E-state index contributed by atoms with van der Waals surface area (Å²) in [7, 11) is 0. The second-order valence-electron chi connectivity index (χ2n) is 12.3. The van der Waals surface area contributed by atoms with Crippen molar-refractivity contribution in [2.75, 3.05) is 6.61 Å². The number of carbonyl (C=O) groups excluding carboxylic acids is 2. The molecular formula is C27H38O10. The minimum Gasteiger partial charge on any atom is -0.479 e. The molecule has 4 aliphatic carbocycles. The second kappa shape index (κ2) is 9.20. The lowest BCUT2D eigenvalue weighted by molar-refractivity contribution is -0.293. The number of ketones is 2. The number of hydrogen-bond donors (Lipinski definition) is 5. The fraction of sp³-hybridized carbons (Fsp3) is 0.815. The maximum absolute atomic E-state index is 13.4. The van der Waals surface area contributed by atoms with Gasteiger partial charge in [-0.3, -0.25) is 9.59 Å². The molecule has 1 heterocycles. The fourth-order valence-corrected chi connectivity index (χ4v) is 8.50. The Morgan fingerprint density at radius 2 is 1.70 bits per heavy atom. The number of allylic oxidation sites excluding steroid dienone is 1. The smallest absolute Gasteiger partial charge is 0.335 e. The third-order valence-corrected chi connectivity index (χ3v) is 10.8. The molecule has 0 aromatic rings. The lowest BCUT2D eigenvalue weighted by atomic mass is 9.46. The minimum absolute atomic E-state index is 0.0213. The Bertz CT molecular complexity index is 1010. The number of fused-ring (bicyclic) bond motifs is 5. The molecule has 0 aromatic carbocycles. The van der Waals surface area contributed by atoms with Crippen molar-refractivity contribution in [2.24, 2.45) is 28.6 Å². The van der Waals surface area contributed by atoms with E-state index < -0.39 is 60.1 Å². The first kappa shape index (κ1) is 26.9. The highest BCUT2D eigenvalue weighted by atomic mass is 16.7. The topological polar surface area (TPSA) is 171 Å². The highest BCUT2D eigenvalue weighted by Gasteiger charge is 2.66. The number of Topliss-reactive ketones (excluding diaryl/α,β-unsaturated/α-hetero) is 1. The van der Waals surface area contributed by atoms with Gasteiger partial charge in [-0.15, -0.1) is 0 Å². The van der Waals surface area contributed by atoms with Gasteiger partial charge in [0, 0.05) is 11.8 Å². The predicted octanol–water partition coefficient (Wildman–Crippen LogP) is 0.727. The number of ether oxygens (including phenoxy) is 2. The van der Waals surface area contributed by atoms with Crippen molar-refractivity contribution in [2.45, 2.75) is 102 Å². The molecule has 0 bridgehead atoms. The first-order chi connectivity index (χ1) is 17.3. The molecule has 4 fully saturated rings. The van der Waals surface area contributed by atoms with E-state index in [1.165, 1.54) is 5.57 Å². The van der Waals surface area contributed by atoms with Crippen LogP contribution in [-0.4, -0.2) is 86.0 Å². The first-order valence-electron chi connectivity index (χ1n) is 13.4. The average Bonchev–Trinajstić information content (AvgIpc) is 3.14. The van der Waals surface area contributed by atoms with Gasteiger partial charge in [0.1, 0.15) is 30.5 Å². The number of carboxylic acid groups (broad SMARTS) is 1. The van der Waals surface area contributed by atoms with Gasteiger partial charge in [-0.05, 0) is 74.2 Å². The highest BCUT2D eigenvalue weighted by Crippen LogP contribution is 2.67. The summed E-state index contributed by atoms with van der Waals surface area (Å²) in [5.41, 5.74) is -1.08. The molecule has 5 N–H and O–H groups in total. The molecule has 5 rings (SSSR count). The van der Waals surface area contributed by atoms with E-state index in [1.54, 1.807) is 0 Å². The lowest BCUT2D eigenvalue weighted by Crippen LogP contribution is -2.61. The van der Waals surface area contributed by atoms with Crippen molar-refractivity contribution < 1.29 is 49.4 Å². The predicted molar refractivity (Wildman–Crippen MR) is 127 cm³/mol. The number of aliphatic hydroxyl groups excluding tert-OH is 3. The molecule has 3 saturated carbocycles. The van der Waals surface area contributed by atoms with Crippen LogP contribution in [0, 0.1) is 28.6 Å². The van der Waals surface area contributed by atoms with Crippen LogP contribution >= 0.6 is 0 Å². The van der Waals surface area contributed by atoms with Crippen LogP contribution in [-0.2, 0) is 23.9 Å². The second-order valence-corrected chi connectivity index (χ2v) is 12.3. The van der Waals surface area contributed by atoms with Gasteiger partial charge >= 0.3 is 5.97 Å². The van der Waals surface area contributed by atoms with E-state index in [2.05, 4.69) is 6.92 Å². The Morgan fingerprint density at radius 3 is 2.41 bits per heavy atom. The van der Waals surface area contributed by atoms with Gasteiger partial charge < -0.3 is 35.0 Å². The molecule has 206 valence electrons. The molecule has 10 heteroatoms. The number of hydrogen-bond acceptors (Lipinski definition) is 9. The molecule has 0 radical (unpaired) electrons. The monoisotopic (exact) mass is 522 g/mol. The normalized spacial score (nSPS) is 49.5. The number of aliphatic carboxylic acids is 1. The fourth-order valence-electron chi connectivity index (χ4n) is 8.50. The summed E-state index contributed by atoms with van der Waals surface area (Å²) >= 11 is 0. The molecule has 37 heavy (non-hydrogen) atoms. The molecule has 11 atom stereocenters. The van der Waals surface area contributed by atoms with Crippen molar-refractivity contribution in [1.29, 1.82) is 0 Å². The molecule has 10 nitrogen and oxygen atoms in total. The van der Waals surface area contributed by atoms with E-state index in [0.29, 0.717) is 31.1 Å². The number of rotatable bonds is 5. The average molecular weight is 523 g/mol. The third kappa shape index (κ3) is 3.94. The lowest BCUT2D eigenvalue weighted by Gasteiger charge is -2.58. The van der Waals surface area contributed by atoms with Gasteiger partial charge in [-0.1, -0.05) is 19.4 Å². The van der Waals surface area contributed by atoms with Crippen molar-refractivity contribution in [3.63, 3.8) is 0 Å². The maximum Gasteiger partial charge on any atom is 0.335 e. The SMILES string of the molecule is CC12CCC(=O)C=C1CCC1C2CCC2(C)C1CCC2(O)C(=O)COC1OC(C(=O)O)C(O)C(O)C1O. The molecule has 1 saturated heterocycles. The van der Waals surface area contributed by atoms with Crippen LogP contribution < -0.4 is 0 Å². The number of carbonyl (C=O) groups is 3. The van der Waals surface area contributed by atoms with Crippen LogP contribution in [0.5, 0.6) is 0 Å². The van der Waals surface area contributed by atoms with Gasteiger partial charge in [0.15, 0.2) is 24.0 Å². The van der Waals surface area contributed by atoms with Gasteiger partial charge in [-0.2, -0.15) is 0 Å². The Kier molecular flexibility index (Phi) is 6.69. The van der Waals surface area contributed by atoms with Gasteiger partial charge in [0.25, 0.3) is 0 Å². The zero-order valence-corrected chi connectivity index (χ0v) is 21.3. The number of aliphatic hydroxyl groups is 4. The largest absolute Gasteiger partial charge is 0.479 e. The molecule has 0 spiro atoms. The van der Waals surface area contributed by atoms with Crippen molar-refractivity contribution in [3.05, 3.63) is 11.6 Å². The van der Waals surface area contributed by atoms with Crippen LogP contribution in [0.25, 0.3) is 0 Å².